The molecule has 6 heteroatoms. The van der Waals surface area contributed by atoms with Crippen LogP contribution in [0, 0.1) is 17.3 Å². The van der Waals surface area contributed by atoms with Crippen LogP contribution in [0.5, 0.6) is 0 Å². The molecule has 194 valence electrons. The summed E-state index contributed by atoms with van der Waals surface area (Å²) in [6, 6.07) is 8.55. The monoisotopic (exact) mass is 486 g/mol. The van der Waals surface area contributed by atoms with Crippen LogP contribution in [0.2, 0.25) is 0 Å². The van der Waals surface area contributed by atoms with Crippen molar-refractivity contribution in [1.29, 1.82) is 0 Å². The smallest absolute Gasteiger partial charge is 0.183 e. The van der Waals surface area contributed by atoms with E-state index in [0.717, 1.165) is 50.5 Å². The number of aliphatic hydroxyl groups is 2. The molecule has 1 aromatic carbocycles. The van der Waals surface area contributed by atoms with E-state index in [1.54, 1.807) is 28.4 Å². The Morgan fingerprint density at radius 3 is 2.26 bits per heavy atom. The van der Waals surface area contributed by atoms with Crippen LogP contribution >= 0.6 is 0 Å². The molecule has 0 bridgehead atoms. The minimum atomic E-state index is -0.906. The Bertz CT molecular complexity index is 948. The normalized spacial score (nSPS) is 38.3. The van der Waals surface area contributed by atoms with Crippen LogP contribution in [0.25, 0.3) is 0 Å². The number of hydrogen-bond acceptors (Lipinski definition) is 6. The lowest BCUT2D eigenvalue weighted by Gasteiger charge is -2.56. The maximum Gasteiger partial charge on any atom is 0.183 e. The molecule has 0 heterocycles. The fourth-order valence-electron chi connectivity index (χ4n) is 8.23. The van der Waals surface area contributed by atoms with Crippen molar-refractivity contribution in [2.45, 2.75) is 88.0 Å². The van der Waals surface area contributed by atoms with Gasteiger partial charge in [-0.15, -0.1) is 0 Å². The van der Waals surface area contributed by atoms with E-state index in [1.165, 1.54) is 16.7 Å². The molecular formula is C29H42O6. The van der Waals surface area contributed by atoms with Crippen LogP contribution in [0.4, 0.5) is 0 Å². The van der Waals surface area contributed by atoms with Gasteiger partial charge < -0.3 is 29.2 Å². The van der Waals surface area contributed by atoms with Crippen LogP contribution in [-0.4, -0.2) is 56.1 Å². The minimum absolute atomic E-state index is 0.105. The first-order valence-electron chi connectivity index (χ1n) is 13.1. The van der Waals surface area contributed by atoms with E-state index in [1.807, 2.05) is 0 Å². The quantitative estimate of drug-likeness (QED) is 0.442. The highest BCUT2D eigenvalue weighted by molar-refractivity contribution is 5.44. The standard InChI is InChI=1S/C29H42O6/c1-27-16-21(18-6-8-19(9-7-18)26(32-2)33-3)25-20(22(27)10-11-24(27)30)12-14-28(31)17-29(34-4,35-5)15-13-23(25)28/h6-9,20-22,24,26,30-31H,10-17H2,1-5H3/t20-,21+,22-,24-,27-,28+/m0/s1. The fourth-order valence-corrected chi connectivity index (χ4v) is 8.23. The Hall–Kier alpha value is -1.28. The van der Waals surface area contributed by atoms with Crippen molar-refractivity contribution < 1.29 is 29.2 Å². The number of methoxy groups -OCH3 is 4. The Labute approximate surface area is 209 Å². The molecule has 6 nitrogen and oxygen atoms in total. The highest BCUT2D eigenvalue weighted by atomic mass is 16.7. The van der Waals surface area contributed by atoms with Crippen molar-refractivity contribution in [2.24, 2.45) is 17.3 Å². The number of rotatable bonds is 6. The lowest BCUT2D eigenvalue weighted by Crippen LogP contribution is -2.54. The van der Waals surface area contributed by atoms with Crippen molar-refractivity contribution in [2.75, 3.05) is 28.4 Å². The van der Waals surface area contributed by atoms with Crippen LogP contribution in [0.1, 0.15) is 81.6 Å². The zero-order valence-corrected chi connectivity index (χ0v) is 21.9. The summed E-state index contributed by atoms with van der Waals surface area (Å²) in [7, 11) is 6.66. The van der Waals surface area contributed by atoms with Crippen LogP contribution in [0.3, 0.4) is 0 Å². The van der Waals surface area contributed by atoms with Crippen molar-refractivity contribution in [3.05, 3.63) is 46.5 Å². The van der Waals surface area contributed by atoms with Gasteiger partial charge in [-0.25, -0.2) is 0 Å². The molecule has 3 saturated carbocycles. The summed E-state index contributed by atoms with van der Waals surface area (Å²) in [5.41, 5.74) is 3.85. The number of fused-ring (bicyclic) bond motifs is 4. The van der Waals surface area contributed by atoms with Gasteiger partial charge in [0.05, 0.1) is 11.7 Å². The average molecular weight is 487 g/mol. The van der Waals surface area contributed by atoms with Crippen molar-refractivity contribution in [3.8, 4) is 0 Å². The van der Waals surface area contributed by atoms with E-state index in [-0.39, 0.29) is 17.4 Å². The van der Waals surface area contributed by atoms with E-state index < -0.39 is 17.7 Å². The van der Waals surface area contributed by atoms with Gasteiger partial charge >= 0.3 is 0 Å². The second-order valence-corrected chi connectivity index (χ2v) is 11.5. The fraction of sp³-hybridized carbons (Fsp3) is 0.724. The first-order chi connectivity index (χ1) is 16.7. The predicted molar refractivity (Wildman–Crippen MR) is 133 cm³/mol. The van der Waals surface area contributed by atoms with Gasteiger partial charge in [-0.05, 0) is 66.9 Å². The number of aliphatic hydroxyl groups excluding tert-OH is 1. The van der Waals surface area contributed by atoms with Crippen molar-refractivity contribution in [3.63, 3.8) is 0 Å². The molecule has 4 aliphatic carbocycles. The van der Waals surface area contributed by atoms with Crippen LogP contribution < -0.4 is 0 Å². The number of hydrogen-bond donors (Lipinski definition) is 2. The van der Waals surface area contributed by atoms with Crippen molar-refractivity contribution in [1.82, 2.24) is 0 Å². The summed E-state index contributed by atoms with van der Waals surface area (Å²) in [6.45, 7) is 2.30. The Morgan fingerprint density at radius 1 is 0.943 bits per heavy atom. The third-order valence-electron chi connectivity index (χ3n) is 10.1. The second-order valence-electron chi connectivity index (χ2n) is 11.5. The third kappa shape index (κ3) is 3.92. The van der Waals surface area contributed by atoms with Gasteiger partial charge in [-0.2, -0.15) is 0 Å². The van der Waals surface area contributed by atoms with Gasteiger partial charge in [0, 0.05) is 52.8 Å². The summed E-state index contributed by atoms with van der Waals surface area (Å²) in [4.78, 5) is 0. The minimum Gasteiger partial charge on any atom is -0.393 e. The molecule has 0 amide bonds. The largest absolute Gasteiger partial charge is 0.393 e. The zero-order chi connectivity index (χ0) is 25.0. The molecule has 0 aliphatic heterocycles. The van der Waals surface area contributed by atoms with Gasteiger partial charge in [0.2, 0.25) is 0 Å². The maximum absolute atomic E-state index is 12.0. The van der Waals surface area contributed by atoms with Crippen LogP contribution in [-0.2, 0) is 18.9 Å². The highest BCUT2D eigenvalue weighted by Gasteiger charge is 2.59. The van der Waals surface area contributed by atoms with Crippen LogP contribution in [0.15, 0.2) is 35.4 Å². The molecule has 2 N–H and O–H groups in total. The SMILES string of the molecule is COC(OC)c1ccc([C@H]2C[C@]3(C)[C@@H](O)CC[C@H]3[C@@H]3CC[C@@]4(O)CC(OC)(OC)CCC4=C32)cc1. The molecular weight excluding hydrogens is 444 g/mol. The number of allylic oxidation sites excluding steroid dienone is 1. The number of ether oxygens (including phenoxy) is 4. The summed E-state index contributed by atoms with van der Waals surface area (Å²) < 4.78 is 22.5. The van der Waals surface area contributed by atoms with E-state index in [9.17, 15) is 10.2 Å². The predicted octanol–water partition coefficient (Wildman–Crippen LogP) is 4.85. The maximum atomic E-state index is 12.0. The molecule has 6 atom stereocenters. The van der Waals surface area contributed by atoms with E-state index in [2.05, 4.69) is 31.2 Å². The molecule has 5 rings (SSSR count). The summed E-state index contributed by atoms with van der Waals surface area (Å²) in [6.07, 6.45) is 5.83. The lowest BCUT2D eigenvalue weighted by molar-refractivity contribution is -0.246. The molecule has 0 saturated heterocycles. The van der Waals surface area contributed by atoms with Crippen molar-refractivity contribution >= 4 is 0 Å². The van der Waals surface area contributed by atoms with Gasteiger partial charge in [0.25, 0.3) is 0 Å². The van der Waals surface area contributed by atoms with E-state index in [4.69, 9.17) is 18.9 Å². The first-order valence-corrected chi connectivity index (χ1v) is 13.1. The summed E-state index contributed by atoms with van der Waals surface area (Å²) in [5.74, 6) is 0.299. The third-order valence-corrected chi connectivity index (χ3v) is 10.1. The molecule has 3 fully saturated rings. The molecule has 0 aromatic heterocycles. The second kappa shape index (κ2) is 9.23. The highest BCUT2D eigenvalue weighted by Crippen LogP contribution is 2.65. The number of benzene rings is 1. The van der Waals surface area contributed by atoms with Gasteiger partial charge in [-0.3, -0.25) is 0 Å². The van der Waals surface area contributed by atoms with E-state index >= 15 is 0 Å². The molecule has 0 spiro atoms. The summed E-state index contributed by atoms with van der Waals surface area (Å²) in [5, 5.41) is 23.1. The van der Waals surface area contributed by atoms with Gasteiger partial charge in [0.1, 0.15) is 0 Å². The Balaban J connectivity index is 1.60. The molecule has 0 radical (unpaired) electrons. The molecule has 1 aromatic rings. The van der Waals surface area contributed by atoms with Gasteiger partial charge in [0.15, 0.2) is 12.1 Å². The van der Waals surface area contributed by atoms with E-state index in [0.29, 0.717) is 18.3 Å². The molecule has 0 unspecified atom stereocenters. The zero-order valence-electron chi connectivity index (χ0n) is 21.9. The lowest BCUT2D eigenvalue weighted by atomic mass is 9.51. The Kier molecular flexibility index (Phi) is 6.69. The summed E-state index contributed by atoms with van der Waals surface area (Å²) >= 11 is 0. The average Bonchev–Trinajstić information content (AvgIpc) is 3.17. The Morgan fingerprint density at radius 2 is 1.63 bits per heavy atom. The molecule has 35 heavy (non-hydrogen) atoms. The molecule has 4 aliphatic rings. The topological polar surface area (TPSA) is 77.4 Å². The van der Waals surface area contributed by atoms with Gasteiger partial charge in [-0.1, -0.05) is 36.8 Å². The first kappa shape index (κ1) is 25.4.